The van der Waals surface area contributed by atoms with Crippen LogP contribution < -0.4 is 20.5 Å². The summed E-state index contributed by atoms with van der Waals surface area (Å²) in [6.07, 6.45) is 0. The van der Waals surface area contributed by atoms with Crippen LogP contribution in [0.2, 0.25) is 0 Å². The van der Waals surface area contributed by atoms with Crippen molar-refractivity contribution in [2.24, 2.45) is 5.73 Å². The van der Waals surface area contributed by atoms with Crippen molar-refractivity contribution in [1.29, 1.82) is 0 Å². The fourth-order valence-electron chi connectivity index (χ4n) is 1.36. The van der Waals surface area contributed by atoms with Crippen molar-refractivity contribution in [2.45, 2.75) is 13.0 Å². The summed E-state index contributed by atoms with van der Waals surface area (Å²) >= 11 is 0. The molecule has 0 heterocycles. The largest absolute Gasteiger partial charge is 0.493 e. The van der Waals surface area contributed by atoms with Gasteiger partial charge in [0.25, 0.3) is 0 Å². The molecular formula is C13H21ClN2O4. The zero-order chi connectivity index (χ0) is 14.3. The molecule has 0 saturated carbocycles. The minimum absolute atomic E-state index is 0. The third kappa shape index (κ3) is 5.64. The fourth-order valence-corrected chi connectivity index (χ4v) is 1.36. The molecule has 1 aromatic rings. The van der Waals surface area contributed by atoms with Crippen LogP contribution in [0.1, 0.15) is 6.92 Å². The van der Waals surface area contributed by atoms with Crippen LogP contribution in [0.4, 0.5) is 5.69 Å². The topological polar surface area (TPSA) is 82.8 Å². The second-order valence-corrected chi connectivity index (χ2v) is 3.98. The third-order valence-corrected chi connectivity index (χ3v) is 2.39. The number of amides is 1. The van der Waals surface area contributed by atoms with E-state index in [4.69, 9.17) is 19.9 Å². The lowest BCUT2D eigenvalue weighted by atomic mass is 10.2. The number of ether oxygens (including phenoxy) is 3. The normalized spacial score (nSPS) is 11.2. The lowest BCUT2D eigenvalue weighted by Crippen LogP contribution is -2.32. The molecule has 0 fully saturated rings. The molecule has 0 radical (unpaired) electrons. The van der Waals surface area contributed by atoms with E-state index in [9.17, 15) is 4.79 Å². The molecule has 1 aromatic carbocycles. The number of nitrogens with one attached hydrogen (secondary N) is 1. The summed E-state index contributed by atoms with van der Waals surface area (Å²) in [4.78, 5) is 11.5. The van der Waals surface area contributed by atoms with E-state index < -0.39 is 6.04 Å². The van der Waals surface area contributed by atoms with Crippen LogP contribution in [-0.2, 0) is 9.53 Å². The number of rotatable bonds is 7. The van der Waals surface area contributed by atoms with Gasteiger partial charge < -0.3 is 25.3 Å². The van der Waals surface area contributed by atoms with Crippen molar-refractivity contribution < 1.29 is 19.0 Å². The fraction of sp³-hybridized carbons (Fsp3) is 0.462. The van der Waals surface area contributed by atoms with E-state index in [0.717, 1.165) is 0 Å². The third-order valence-electron chi connectivity index (χ3n) is 2.39. The molecule has 0 saturated heterocycles. The molecule has 1 atom stereocenters. The number of carbonyl (C=O) groups excluding carboxylic acids is 1. The van der Waals surface area contributed by atoms with Crippen LogP contribution in [0, 0.1) is 0 Å². The first kappa shape index (κ1) is 18.5. The van der Waals surface area contributed by atoms with E-state index in [1.165, 1.54) is 0 Å². The highest BCUT2D eigenvalue weighted by atomic mass is 35.5. The predicted molar refractivity (Wildman–Crippen MR) is 79.9 cm³/mol. The maximum atomic E-state index is 11.5. The van der Waals surface area contributed by atoms with Gasteiger partial charge in [-0.25, -0.2) is 0 Å². The van der Waals surface area contributed by atoms with Gasteiger partial charge in [-0.1, -0.05) is 0 Å². The Balaban J connectivity index is 0.00000361. The van der Waals surface area contributed by atoms with Crippen molar-refractivity contribution in [3.63, 3.8) is 0 Å². The van der Waals surface area contributed by atoms with E-state index in [2.05, 4.69) is 5.32 Å². The van der Waals surface area contributed by atoms with Crippen molar-refractivity contribution in [3.05, 3.63) is 18.2 Å². The standard InChI is InChI=1S/C13H20N2O4.ClH/c1-9(14)13(16)15-10-4-5-11(18-3)12(8-10)19-7-6-17-2;/h4-5,8-9H,6-7,14H2,1-3H3,(H,15,16);1H/t9-;/m1./s1. The first-order chi connectivity index (χ1) is 9.08. The smallest absolute Gasteiger partial charge is 0.241 e. The average molecular weight is 305 g/mol. The van der Waals surface area contributed by atoms with E-state index in [1.54, 1.807) is 39.3 Å². The number of methoxy groups -OCH3 is 2. The lowest BCUT2D eigenvalue weighted by Gasteiger charge is -2.13. The Hall–Kier alpha value is -1.50. The molecule has 20 heavy (non-hydrogen) atoms. The minimum atomic E-state index is -0.569. The molecule has 0 aliphatic carbocycles. The van der Waals surface area contributed by atoms with Crippen molar-refractivity contribution in [2.75, 3.05) is 32.8 Å². The maximum Gasteiger partial charge on any atom is 0.241 e. The number of carbonyl (C=O) groups is 1. The zero-order valence-corrected chi connectivity index (χ0v) is 12.7. The highest BCUT2D eigenvalue weighted by Crippen LogP contribution is 2.30. The van der Waals surface area contributed by atoms with Gasteiger partial charge >= 0.3 is 0 Å². The first-order valence-electron chi connectivity index (χ1n) is 5.94. The molecule has 0 unspecified atom stereocenters. The van der Waals surface area contributed by atoms with Crippen molar-refractivity contribution in [1.82, 2.24) is 0 Å². The van der Waals surface area contributed by atoms with E-state index in [0.29, 0.717) is 30.4 Å². The summed E-state index contributed by atoms with van der Waals surface area (Å²) in [5, 5.41) is 2.69. The van der Waals surface area contributed by atoms with E-state index in [1.807, 2.05) is 0 Å². The van der Waals surface area contributed by atoms with Gasteiger partial charge in [-0.2, -0.15) is 0 Å². The summed E-state index contributed by atoms with van der Waals surface area (Å²) in [6, 6.07) is 4.57. The second kappa shape index (κ2) is 9.41. The molecule has 1 amide bonds. The van der Waals surface area contributed by atoms with Crippen LogP contribution in [0.25, 0.3) is 0 Å². The van der Waals surface area contributed by atoms with Crippen LogP contribution >= 0.6 is 12.4 Å². The average Bonchev–Trinajstić information content (AvgIpc) is 2.39. The number of hydrogen-bond donors (Lipinski definition) is 2. The second-order valence-electron chi connectivity index (χ2n) is 3.98. The summed E-state index contributed by atoms with van der Waals surface area (Å²) < 4.78 is 15.6. The van der Waals surface area contributed by atoms with Gasteiger partial charge in [0.1, 0.15) is 6.61 Å². The van der Waals surface area contributed by atoms with Gasteiger partial charge in [-0.05, 0) is 19.1 Å². The summed E-state index contributed by atoms with van der Waals surface area (Å²) in [5.41, 5.74) is 6.10. The molecule has 114 valence electrons. The molecule has 1 rings (SSSR count). The molecule has 6 nitrogen and oxygen atoms in total. The molecule has 0 bridgehead atoms. The summed E-state index contributed by atoms with van der Waals surface area (Å²) in [5.74, 6) is 0.880. The Morgan fingerprint density at radius 3 is 2.55 bits per heavy atom. The first-order valence-corrected chi connectivity index (χ1v) is 5.94. The van der Waals surface area contributed by atoms with Gasteiger partial charge in [0.05, 0.1) is 19.8 Å². The van der Waals surface area contributed by atoms with E-state index >= 15 is 0 Å². The number of nitrogens with two attached hydrogens (primary N) is 1. The molecule has 0 aliphatic rings. The Kier molecular flexibility index (Phi) is 8.71. The quantitative estimate of drug-likeness (QED) is 0.745. The van der Waals surface area contributed by atoms with Gasteiger partial charge in [-0.15, -0.1) is 12.4 Å². The Bertz CT molecular complexity index is 427. The van der Waals surface area contributed by atoms with Crippen molar-refractivity contribution >= 4 is 24.0 Å². The molecule has 0 aliphatic heterocycles. The maximum absolute atomic E-state index is 11.5. The van der Waals surface area contributed by atoms with Gasteiger partial charge in [-0.3, -0.25) is 4.79 Å². The zero-order valence-electron chi connectivity index (χ0n) is 11.8. The number of hydrogen-bond acceptors (Lipinski definition) is 5. The number of anilines is 1. The summed E-state index contributed by atoms with van der Waals surface area (Å²) in [6.45, 7) is 2.49. The molecule has 7 heteroatoms. The predicted octanol–water partition coefficient (Wildman–Crippen LogP) is 1.43. The Morgan fingerprint density at radius 1 is 1.30 bits per heavy atom. The van der Waals surface area contributed by atoms with Gasteiger partial charge in [0.15, 0.2) is 11.5 Å². The lowest BCUT2D eigenvalue weighted by molar-refractivity contribution is -0.117. The molecule has 0 spiro atoms. The van der Waals surface area contributed by atoms with Crippen molar-refractivity contribution in [3.8, 4) is 11.5 Å². The summed E-state index contributed by atoms with van der Waals surface area (Å²) in [7, 11) is 3.15. The van der Waals surface area contributed by atoms with Crippen LogP contribution in [0.3, 0.4) is 0 Å². The van der Waals surface area contributed by atoms with Crippen LogP contribution in [-0.4, -0.2) is 39.4 Å². The number of benzene rings is 1. The molecule has 3 N–H and O–H groups in total. The molecular weight excluding hydrogens is 284 g/mol. The van der Waals surface area contributed by atoms with Gasteiger partial charge in [0.2, 0.25) is 5.91 Å². The highest BCUT2D eigenvalue weighted by Gasteiger charge is 2.10. The minimum Gasteiger partial charge on any atom is -0.493 e. The van der Waals surface area contributed by atoms with E-state index in [-0.39, 0.29) is 18.3 Å². The van der Waals surface area contributed by atoms with Gasteiger partial charge in [0, 0.05) is 18.9 Å². The Morgan fingerprint density at radius 2 is 2.00 bits per heavy atom. The SMILES string of the molecule is COCCOc1cc(NC(=O)[C@@H](C)N)ccc1OC.Cl. The highest BCUT2D eigenvalue weighted by molar-refractivity contribution is 5.94. The van der Waals surface area contributed by atoms with Crippen LogP contribution in [0.5, 0.6) is 11.5 Å². The van der Waals surface area contributed by atoms with Crippen LogP contribution in [0.15, 0.2) is 18.2 Å². The number of halogens is 1. The Labute approximate surface area is 125 Å². The molecule has 0 aromatic heterocycles. The monoisotopic (exact) mass is 304 g/mol.